The van der Waals surface area contributed by atoms with Crippen molar-refractivity contribution in [2.75, 3.05) is 44.2 Å². The van der Waals surface area contributed by atoms with Crippen molar-refractivity contribution in [1.82, 2.24) is 10.2 Å². The summed E-state index contributed by atoms with van der Waals surface area (Å²) in [5, 5.41) is 3.45. The van der Waals surface area contributed by atoms with Crippen molar-refractivity contribution in [2.24, 2.45) is 5.41 Å². The van der Waals surface area contributed by atoms with Crippen LogP contribution < -0.4 is 5.32 Å². The van der Waals surface area contributed by atoms with Crippen molar-refractivity contribution < 1.29 is 8.42 Å². The molecule has 19 heavy (non-hydrogen) atoms. The first-order chi connectivity index (χ1) is 8.91. The van der Waals surface area contributed by atoms with Crippen LogP contribution in [0.2, 0.25) is 0 Å². The fraction of sp³-hybridized carbons (Fsp3) is 1.00. The molecule has 1 rings (SSSR count). The predicted octanol–water partition coefficient (Wildman–Crippen LogP) is 1.52. The Morgan fingerprint density at radius 3 is 2.58 bits per heavy atom. The second-order valence-electron chi connectivity index (χ2n) is 6.12. The van der Waals surface area contributed by atoms with Gasteiger partial charge in [0, 0.05) is 19.6 Å². The number of rotatable bonds is 7. The van der Waals surface area contributed by atoms with Crippen LogP contribution in [0.5, 0.6) is 0 Å². The molecular formula is C14H30N2O2S. The van der Waals surface area contributed by atoms with Crippen LogP contribution in [0.4, 0.5) is 0 Å². The summed E-state index contributed by atoms with van der Waals surface area (Å²) in [7, 11) is -2.79. The van der Waals surface area contributed by atoms with E-state index in [0.717, 1.165) is 32.6 Å². The number of nitrogens with zero attached hydrogens (tertiary/aromatic N) is 1. The van der Waals surface area contributed by atoms with Crippen LogP contribution in [0.3, 0.4) is 0 Å². The van der Waals surface area contributed by atoms with E-state index in [9.17, 15) is 8.42 Å². The number of sulfone groups is 1. The molecule has 0 bridgehead atoms. The van der Waals surface area contributed by atoms with Gasteiger partial charge in [0.15, 0.2) is 9.84 Å². The molecule has 0 aliphatic carbocycles. The molecule has 1 N–H and O–H groups in total. The molecule has 1 aliphatic heterocycles. The van der Waals surface area contributed by atoms with Crippen molar-refractivity contribution in [1.29, 1.82) is 0 Å². The van der Waals surface area contributed by atoms with Gasteiger partial charge >= 0.3 is 0 Å². The van der Waals surface area contributed by atoms with Crippen LogP contribution in [0.25, 0.3) is 0 Å². The first-order valence-electron chi connectivity index (χ1n) is 7.54. The zero-order chi connectivity index (χ0) is 14.4. The lowest BCUT2D eigenvalue weighted by molar-refractivity contribution is 0.157. The number of hydrogen-bond acceptors (Lipinski definition) is 4. The zero-order valence-corrected chi connectivity index (χ0v) is 13.6. The molecule has 0 spiro atoms. The minimum absolute atomic E-state index is 0.249. The highest BCUT2D eigenvalue weighted by Gasteiger charge is 2.28. The summed E-state index contributed by atoms with van der Waals surface area (Å²) < 4.78 is 23.3. The highest BCUT2D eigenvalue weighted by molar-refractivity contribution is 7.91. The molecule has 1 aliphatic rings. The van der Waals surface area contributed by atoms with Crippen LogP contribution in [0.15, 0.2) is 0 Å². The summed E-state index contributed by atoms with van der Waals surface area (Å²) >= 11 is 0. The molecule has 114 valence electrons. The molecule has 5 heteroatoms. The molecule has 0 radical (unpaired) electrons. The number of nitrogens with one attached hydrogen (secondary N) is 1. The summed E-state index contributed by atoms with van der Waals surface area (Å²) in [5.74, 6) is 0.692. The molecule has 0 aromatic rings. The molecule has 1 saturated heterocycles. The third kappa shape index (κ3) is 6.23. The largest absolute Gasteiger partial charge is 0.316 e. The van der Waals surface area contributed by atoms with E-state index in [2.05, 4.69) is 31.0 Å². The second-order valence-corrected chi connectivity index (χ2v) is 8.43. The topological polar surface area (TPSA) is 49.4 Å². The monoisotopic (exact) mass is 290 g/mol. The molecule has 1 atom stereocenters. The van der Waals surface area contributed by atoms with Gasteiger partial charge in [0.05, 0.1) is 11.5 Å². The number of hydrogen-bond donors (Lipinski definition) is 1. The Labute approximate surface area is 118 Å². The first-order valence-corrected chi connectivity index (χ1v) is 9.36. The zero-order valence-electron chi connectivity index (χ0n) is 12.7. The molecule has 1 fully saturated rings. The lowest BCUT2D eigenvalue weighted by Gasteiger charge is -2.35. The molecule has 1 heterocycles. The Hall–Kier alpha value is -0.130. The van der Waals surface area contributed by atoms with E-state index < -0.39 is 9.84 Å². The maximum Gasteiger partial charge on any atom is 0.151 e. The van der Waals surface area contributed by atoms with E-state index in [1.54, 1.807) is 0 Å². The van der Waals surface area contributed by atoms with Crippen LogP contribution in [0, 0.1) is 5.41 Å². The summed E-state index contributed by atoms with van der Waals surface area (Å²) in [6.45, 7) is 11.3. The van der Waals surface area contributed by atoms with Crippen molar-refractivity contribution >= 4 is 9.84 Å². The second kappa shape index (κ2) is 7.60. The summed E-state index contributed by atoms with van der Waals surface area (Å²) in [5.41, 5.74) is 0.249. The maximum absolute atomic E-state index is 11.6. The fourth-order valence-electron chi connectivity index (χ4n) is 2.94. The Morgan fingerprint density at radius 2 is 1.95 bits per heavy atom. The van der Waals surface area contributed by atoms with E-state index in [1.807, 2.05) is 0 Å². The van der Waals surface area contributed by atoms with Crippen molar-refractivity contribution in [2.45, 2.75) is 40.0 Å². The summed E-state index contributed by atoms with van der Waals surface area (Å²) in [6.07, 6.45) is 3.14. The Bertz CT molecular complexity index is 356. The van der Waals surface area contributed by atoms with Crippen molar-refractivity contribution in [3.05, 3.63) is 0 Å². The van der Waals surface area contributed by atoms with Crippen LogP contribution >= 0.6 is 0 Å². The van der Waals surface area contributed by atoms with Crippen LogP contribution in [0.1, 0.15) is 40.0 Å². The Morgan fingerprint density at radius 1 is 1.21 bits per heavy atom. The van der Waals surface area contributed by atoms with E-state index in [1.165, 1.54) is 12.8 Å². The molecule has 0 aromatic heterocycles. The third-order valence-corrected chi connectivity index (χ3v) is 5.62. The average molecular weight is 290 g/mol. The first kappa shape index (κ1) is 16.9. The Balaban J connectivity index is 2.58. The smallest absolute Gasteiger partial charge is 0.151 e. The Kier molecular flexibility index (Phi) is 6.77. The van der Waals surface area contributed by atoms with Crippen molar-refractivity contribution in [3.8, 4) is 0 Å². The molecule has 0 saturated carbocycles. The normalized spacial score (nSPS) is 23.7. The standard InChI is InChI=1S/C14H30N2O2S/c1-4-7-14(3,12-15-5-2)13-16-8-6-10-19(17,18)11-9-16/h15H,4-13H2,1-3H3. The lowest BCUT2D eigenvalue weighted by Crippen LogP contribution is -2.43. The molecular weight excluding hydrogens is 260 g/mol. The highest BCUT2D eigenvalue weighted by atomic mass is 32.2. The fourth-order valence-corrected chi connectivity index (χ4v) is 4.25. The van der Waals surface area contributed by atoms with Gasteiger partial charge in [0.25, 0.3) is 0 Å². The third-order valence-electron chi connectivity index (χ3n) is 3.91. The molecule has 4 nitrogen and oxygen atoms in total. The van der Waals surface area contributed by atoms with Crippen LogP contribution in [-0.4, -0.2) is 57.5 Å². The van der Waals surface area contributed by atoms with Gasteiger partial charge in [-0.05, 0) is 31.3 Å². The van der Waals surface area contributed by atoms with E-state index >= 15 is 0 Å². The quantitative estimate of drug-likeness (QED) is 0.772. The molecule has 1 unspecified atom stereocenters. The van der Waals surface area contributed by atoms with Gasteiger partial charge in [0.2, 0.25) is 0 Å². The van der Waals surface area contributed by atoms with E-state index in [0.29, 0.717) is 18.1 Å². The van der Waals surface area contributed by atoms with E-state index in [-0.39, 0.29) is 5.41 Å². The van der Waals surface area contributed by atoms with Crippen LogP contribution in [-0.2, 0) is 9.84 Å². The van der Waals surface area contributed by atoms with Gasteiger partial charge in [0.1, 0.15) is 0 Å². The van der Waals surface area contributed by atoms with Crippen molar-refractivity contribution in [3.63, 3.8) is 0 Å². The molecule has 0 aromatic carbocycles. The van der Waals surface area contributed by atoms with Gasteiger partial charge in [-0.3, -0.25) is 0 Å². The molecule has 0 amide bonds. The summed E-state index contributed by atoms with van der Waals surface area (Å²) in [4.78, 5) is 2.34. The minimum atomic E-state index is -2.79. The van der Waals surface area contributed by atoms with Gasteiger partial charge in [-0.2, -0.15) is 0 Å². The minimum Gasteiger partial charge on any atom is -0.316 e. The van der Waals surface area contributed by atoms with Gasteiger partial charge in [-0.15, -0.1) is 0 Å². The van der Waals surface area contributed by atoms with E-state index in [4.69, 9.17) is 0 Å². The van der Waals surface area contributed by atoms with Gasteiger partial charge < -0.3 is 10.2 Å². The van der Waals surface area contributed by atoms with Gasteiger partial charge in [-0.1, -0.05) is 27.2 Å². The predicted molar refractivity (Wildman–Crippen MR) is 81.3 cm³/mol. The average Bonchev–Trinajstić information content (AvgIpc) is 2.49. The SMILES string of the molecule is CCCC(C)(CNCC)CN1CCCS(=O)(=O)CC1. The maximum atomic E-state index is 11.6. The lowest BCUT2D eigenvalue weighted by atomic mass is 9.84. The highest BCUT2D eigenvalue weighted by Crippen LogP contribution is 2.24. The van der Waals surface area contributed by atoms with Gasteiger partial charge in [-0.25, -0.2) is 8.42 Å². The summed E-state index contributed by atoms with van der Waals surface area (Å²) in [6, 6.07) is 0.